The minimum atomic E-state index is -4.83. The van der Waals surface area contributed by atoms with E-state index in [4.69, 9.17) is 21.4 Å². The molecule has 8 heteroatoms. The van der Waals surface area contributed by atoms with Crippen LogP contribution < -0.4 is 4.74 Å². The van der Waals surface area contributed by atoms with Crippen LogP contribution in [0.5, 0.6) is 5.75 Å². The van der Waals surface area contributed by atoms with Crippen molar-refractivity contribution in [3.05, 3.63) is 45.8 Å². The molecular formula is C15H8ClF3O3S. The van der Waals surface area contributed by atoms with E-state index in [0.29, 0.717) is 10.6 Å². The van der Waals surface area contributed by atoms with Crippen LogP contribution in [0.1, 0.15) is 5.56 Å². The number of ether oxygens (including phenoxy) is 1. The molecule has 23 heavy (non-hydrogen) atoms. The maximum absolute atomic E-state index is 13.0. The van der Waals surface area contributed by atoms with Gasteiger partial charge in [0, 0.05) is 16.0 Å². The molecule has 0 spiro atoms. The molecule has 1 unspecified atom stereocenters. The molecule has 3 nitrogen and oxygen atoms in total. The maximum Gasteiger partial charge on any atom is 0.430 e. The molecule has 0 bridgehead atoms. The lowest BCUT2D eigenvalue weighted by Gasteiger charge is -2.27. The number of rotatable bonds is 2. The number of benzene rings is 1. The Hall–Kier alpha value is -1.99. The average molecular weight is 361 g/mol. The lowest BCUT2D eigenvalue weighted by Crippen LogP contribution is -2.40. The monoisotopic (exact) mass is 360 g/mol. The normalized spacial score (nSPS) is 17.2. The minimum absolute atomic E-state index is 0.0508. The fourth-order valence-electron chi connectivity index (χ4n) is 2.25. The summed E-state index contributed by atoms with van der Waals surface area (Å²) in [4.78, 5) is 11.9. The molecule has 2 aromatic rings. The molecule has 1 aromatic heterocycles. The summed E-state index contributed by atoms with van der Waals surface area (Å²) < 4.78 is 44.1. The van der Waals surface area contributed by atoms with Gasteiger partial charge in [0.1, 0.15) is 5.75 Å². The number of carboxylic acid groups (broad SMARTS) is 1. The van der Waals surface area contributed by atoms with Gasteiger partial charge in [0.05, 0.1) is 10.6 Å². The van der Waals surface area contributed by atoms with E-state index in [1.165, 1.54) is 23.5 Å². The molecule has 1 aliphatic heterocycles. The minimum Gasteiger partial charge on any atom is -0.478 e. The van der Waals surface area contributed by atoms with Gasteiger partial charge >= 0.3 is 12.1 Å². The second kappa shape index (κ2) is 5.58. The van der Waals surface area contributed by atoms with Crippen LogP contribution in [-0.4, -0.2) is 23.4 Å². The molecule has 1 atom stereocenters. The fraction of sp³-hybridized carbons (Fsp3) is 0.133. The van der Waals surface area contributed by atoms with Crippen molar-refractivity contribution in [2.75, 3.05) is 0 Å². The quantitative estimate of drug-likeness (QED) is 0.832. The summed E-state index contributed by atoms with van der Waals surface area (Å²) in [6.45, 7) is 0. The third kappa shape index (κ3) is 2.94. The SMILES string of the molecule is O=C(O)C1=Cc2cc(Cl)c(-c3cccs3)cc2OC1C(F)(F)F. The van der Waals surface area contributed by atoms with E-state index < -0.39 is 23.8 Å². The van der Waals surface area contributed by atoms with E-state index in [-0.39, 0.29) is 11.3 Å². The van der Waals surface area contributed by atoms with Crippen LogP contribution in [-0.2, 0) is 4.79 Å². The molecule has 0 saturated carbocycles. The van der Waals surface area contributed by atoms with Gasteiger partial charge in [-0.3, -0.25) is 0 Å². The predicted molar refractivity (Wildman–Crippen MR) is 80.8 cm³/mol. The number of carboxylic acids is 1. The van der Waals surface area contributed by atoms with E-state index in [0.717, 1.165) is 11.0 Å². The number of halogens is 4. The third-order valence-corrected chi connectivity index (χ3v) is 4.48. The highest BCUT2D eigenvalue weighted by Crippen LogP contribution is 2.42. The molecule has 1 N–H and O–H groups in total. The second-order valence-corrected chi connectivity index (χ2v) is 6.15. The zero-order valence-electron chi connectivity index (χ0n) is 11.2. The summed E-state index contributed by atoms with van der Waals surface area (Å²) in [7, 11) is 0. The smallest absolute Gasteiger partial charge is 0.430 e. The first-order chi connectivity index (χ1) is 10.8. The highest BCUT2D eigenvalue weighted by Gasteiger charge is 2.48. The number of thiophene rings is 1. The van der Waals surface area contributed by atoms with Crippen molar-refractivity contribution in [3.8, 4) is 16.2 Å². The molecule has 1 aliphatic rings. The summed E-state index contributed by atoms with van der Waals surface area (Å²) in [5, 5.41) is 11.1. The zero-order valence-corrected chi connectivity index (χ0v) is 12.8. The van der Waals surface area contributed by atoms with Crippen LogP contribution >= 0.6 is 22.9 Å². The Morgan fingerprint density at radius 3 is 2.65 bits per heavy atom. The topological polar surface area (TPSA) is 46.5 Å². The Labute approximate surface area is 137 Å². The van der Waals surface area contributed by atoms with Gasteiger partial charge in [0.15, 0.2) is 0 Å². The molecule has 0 amide bonds. The van der Waals surface area contributed by atoms with E-state index in [2.05, 4.69) is 0 Å². The summed E-state index contributed by atoms with van der Waals surface area (Å²) in [5.74, 6) is -1.73. The fourth-order valence-corrected chi connectivity index (χ4v) is 3.34. The zero-order chi connectivity index (χ0) is 16.8. The molecule has 0 saturated heterocycles. The van der Waals surface area contributed by atoms with E-state index in [1.807, 2.05) is 5.38 Å². The van der Waals surface area contributed by atoms with Gasteiger partial charge in [0.25, 0.3) is 0 Å². The molecule has 2 heterocycles. The van der Waals surface area contributed by atoms with Gasteiger partial charge < -0.3 is 9.84 Å². The largest absolute Gasteiger partial charge is 0.478 e. The number of hydrogen-bond donors (Lipinski definition) is 1. The van der Waals surface area contributed by atoms with E-state index in [1.54, 1.807) is 12.1 Å². The predicted octanol–water partition coefficient (Wildman–Crippen LogP) is 4.86. The molecule has 1 aromatic carbocycles. The van der Waals surface area contributed by atoms with Gasteiger partial charge in [-0.25, -0.2) is 4.79 Å². The van der Waals surface area contributed by atoms with Crippen LogP contribution in [0.2, 0.25) is 5.02 Å². The number of hydrogen-bond acceptors (Lipinski definition) is 3. The number of aliphatic carboxylic acids is 1. The van der Waals surface area contributed by atoms with Crippen molar-refractivity contribution < 1.29 is 27.8 Å². The second-order valence-electron chi connectivity index (χ2n) is 4.79. The van der Waals surface area contributed by atoms with Gasteiger partial charge in [-0.2, -0.15) is 13.2 Å². The van der Waals surface area contributed by atoms with Crippen molar-refractivity contribution in [3.63, 3.8) is 0 Å². The summed E-state index contributed by atoms with van der Waals surface area (Å²) >= 11 is 7.54. The lowest BCUT2D eigenvalue weighted by atomic mass is 9.99. The summed E-state index contributed by atoms with van der Waals surface area (Å²) in [6.07, 6.45) is -6.39. The third-order valence-electron chi connectivity index (χ3n) is 3.27. The van der Waals surface area contributed by atoms with Crippen LogP contribution in [0.4, 0.5) is 13.2 Å². The molecule has 0 radical (unpaired) electrons. The Morgan fingerprint density at radius 1 is 1.35 bits per heavy atom. The first-order valence-corrected chi connectivity index (χ1v) is 7.59. The highest BCUT2D eigenvalue weighted by atomic mass is 35.5. The van der Waals surface area contributed by atoms with Gasteiger partial charge in [-0.05, 0) is 29.7 Å². The molecule has 0 fully saturated rings. The highest BCUT2D eigenvalue weighted by molar-refractivity contribution is 7.13. The van der Waals surface area contributed by atoms with Crippen LogP contribution in [0.25, 0.3) is 16.5 Å². The standard InChI is InChI=1S/C15H8ClF3O3S/c16-10-5-7-4-9(14(20)21)13(15(17,18)19)22-11(7)6-8(10)12-2-1-3-23-12/h1-6,13H,(H,20,21). The first kappa shape index (κ1) is 15.9. The Bertz CT molecular complexity index is 797. The summed E-state index contributed by atoms with van der Waals surface area (Å²) in [6, 6.07) is 6.37. The average Bonchev–Trinajstić information content (AvgIpc) is 2.98. The number of fused-ring (bicyclic) bond motifs is 1. The molecular weight excluding hydrogens is 353 g/mol. The summed E-state index contributed by atoms with van der Waals surface area (Å²) in [5.41, 5.74) is -0.133. The van der Waals surface area contributed by atoms with Gasteiger partial charge in [0.2, 0.25) is 6.10 Å². The molecule has 0 aliphatic carbocycles. The Morgan fingerprint density at radius 2 is 2.09 bits per heavy atom. The van der Waals surface area contributed by atoms with E-state index in [9.17, 15) is 18.0 Å². The Balaban J connectivity index is 2.13. The van der Waals surface area contributed by atoms with Gasteiger partial charge in [-0.15, -0.1) is 11.3 Å². The van der Waals surface area contributed by atoms with Crippen LogP contribution in [0.3, 0.4) is 0 Å². The van der Waals surface area contributed by atoms with Crippen LogP contribution in [0, 0.1) is 0 Å². The Kier molecular flexibility index (Phi) is 3.85. The van der Waals surface area contributed by atoms with Gasteiger partial charge in [-0.1, -0.05) is 17.7 Å². The van der Waals surface area contributed by atoms with Crippen molar-refractivity contribution >= 4 is 35.0 Å². The molecule has 3 rings (SSSR count). The molecule has 120 valence electrons. The maximum atomic E-state index is 13.0. The van der Waals surface area contributed by atoms with Crippen molar-refractivity contribution in [2.24, 2.45) is 0 Å². The van der Waals surface area contributed by atoms with E-state index >= 15 is 0 Å². The van der Waals surface area contributed by atoms with Crippen molar-refractivity contribution in [1.29, 1.82) is 0 Å². The van der Waals surface area contributed by atoms with Crippen molar-refractivity contribution in [2.45, 2.75) is 12.3 Å². The number of alkyl halides is 3. The lowest BCUT2D eigenvalue weighted by molar-refractivity contribution is -0.187. The van der Waals surface area contributed by atoms with Crippen LogP contribution in [0.15, 0.2) is 35.2 Å². The van der Waals surface area contributed by atoms with Crippen molar-refractivity contribution in [1.82, 2.24) is 0 Å². The number of carbonyl (C=O) groups is 1. The first-order valence-electron chi connectivity index (χ1n) is 6.33.